The number of hydrogen-bond donors (Lipinski definition) is 1. The first-order valence-corrected chi connectivity index (χ1v) is 11.0. The third-order valence-electron chi connectivity index (χ3n) is 5.33. The van der Waals surface area contributed by atoms with Crippen molar-refractivity contribution in [3.8, 4) is 17.1 Å². The highest BCUT2D eigenvalue weighted by Gasteiger charge is 2.17. The number of benzene rings is 2. The highest BCUT2D eigenvalue weighted by atomic mass is 35.5. The molecule has 3 aromatic heterocycles. The summed E-state index contributed by atoms with van der Waals surface area (Å²) in [5.74, 6) is 0.498. The molecule has 8 heteroatoms. The smallest absolute Gasteiger partial charge is 0.256 e. The first-order chi connectivity index (χ1) is 16.6. The number of fused-ring (bicyclic) bond motifs is 1. The number of nitrogens with one attached hydrogen (secondary N) is 1. The fourth-order valence-electron chi connectivity index (χ4n) is 3.72. The van der Waals surface area contributed by atoms with E-state index >= 15 is 0 Å². The van der Waals surface area contributed by atoms with Gasteiger partial charge in [-0.15, -0.1) is 0 Å². The fourth-order valence-corrected chi connectivity index (χ4v) is 3.93. The zero-order valence-corrected chi connectivity index (χ0v) is 19.0. The molecular formula is C26H20ClN5O2. The van der Waals surface area contributed by atoms with Crippen LogP contribution in [0.2, 0.25) is 5.02 Å². The van der Waals surface area contributed by atoms with Gasteiger partial charge in [-0.3, -0.25) is 14.5 Å². The van der Waals surface area contributed by atoms with Crippen LogP contribution in [0.25, 0.3) is 22.3 Å². The number of carbonyl (C=O) groups is 1. The van der Waals surface area contributed by atoms with Gasteiger partial charge in [0, 0.05) is 17.8 Å². The average Bonchev–Trinajstić information content (AvgIpc) is 3.30. The van der Waals surface area contributed by atoms with Gasteiger partial charge in [-0.1, -0.05) is 41.9 Å². The number of anilines is 1. The van der Waals surface area contributed by atoms with Gasteiger partial charge in [0.1, 0.15) is 5.75 Å². The Morgan fingerprint density at radius 1 is 1.06 bits per heavy atom. The van der Waals surface area contributed by atoms with Crippen molar-refractivity contribution >= 4 is 34.1 Å². The van der Waals surface area contributed by atoms with Gasteiger partial charge in [0.15, 0.2) is 0 Å². The Hall–Kier alpha value is -4.23. The average molecular weight is 470 g/mol. The van der Waals surface area contributed by atoms with Crippen LogP contribution in [0, 0.1) is 0 Å². The van der Waals surface area contributed by atoms with Crippen LogP contribution in [0.4, 0.5) is 5.69 Å². The summed E-state index contributed by atoms with van der Waals surface area (Å²) in [7, 11) is 1.63. The van der Waals surface area contributed by atoms with Crippen molar-refractivity contribution in [2.75, 3.05) is 12.4 Å². The summed E-state index contributed by atoms with van der Waals surface area (Å²) >= 11 is 6.42. The maximum Gasteiger partial charge on any atom is 0.256 e. The molecule has 0 bridgehead atoms. The lowest BCUT2D eigenvalue weighted by Crippen LogP contribution is -2.13. The summed E-state index contributed by atoms with van der Waals surface area (Å²) in [6.07, 6.45) is 5.09. The van der Waals surface area contributed by atoms with Crippen molar-refractivity contribution < 1.29 is 9.53 Å². The van der Waals surface area contributed by atoms with Crippen molar-refractivity contribution in [1.29, 1.82) is 0 Å². The highest BCUT2D eigenvalue weighted by Crippen LogP contribution is 2.29. The molecule has 0 aliphatic heterocycles. The summed E-state index contributed by atoms with van der Waals surface area (Å²) in [5.41, 5.74) is 3.85. The molecular weight excluding hydrogens is 450 g/mol. The van der Waals surface area contributed by atoms with Gasteiger partial charge < -0.3 is 10.1 Å². The van der Waals surface area contributed by atoms with Crippen LogP contribution in [0.3, 0.4) is 0 Å². The van der Waals surface area contributed by atoms with Crippen molar-refractivity contribution in [2.45, 2.75) is 6.54 Å². The Kier molecular flexibility index (Phi) is 5.93. The zero-order chi connectivity index (χ0) is 23.5. The van der Waals surface area contributed by atoms with Gasteiger partial charge >= 0.3 is 0 Å². The van der Waals surface area contributed by atoms with E-state index in [1.54, 1.807) is 48.6 Å². The maximum absolute atomic E-state index is 13.3. The van der Waals surface area contributed by atoms with Crippen LogP contribution in [0.5, 0.6) is 5.75 Å². The Morgan fingerprint density at radius 2 is 1.94 bits per heavy atom. The molecule has 0 atom stereocenters. The molecule has 7 nitrogen and oxygen atoms in total. The molecule has 168 valence electrons. The minimum Gasteiger partial charge on any atom is -0.497 e. The Balaban J connectivity index is 1.44. The standard InChI is InChI=1S/C26H20ClN5O2/c1-34-19-7-4-6-17(12-19)15-32-16-18(14-29-32)30-26(33)21-13-24(23-10-2-3-11-28-23)31-25-20(21)8-5-9-22(25)27/h2-14,16H,15H2,1H3,(H,30,33). The van der Waals surface area contributed by atoms with E-state index < -0.39 is 0 Å². The number of pyridine rings is 2. The summed E-state index contributed by atoms with van der Waals surface area (Å²) in [4.78, 5) is 22.3. The molecule has 2 aromatic carbocycles. The number of hydrogen-bond acceptors (Lipinski definition) is 5. The third-order valence-corrected chi connectivity index (χ3v) is 5.64. The molecule has 1 amide bonds. The van der Waals surface area contributed by atoms with E-state index in [1.165, 1.54) is 0 Å². The maximum atomic E-state index is 13.3. The predicted molar refractivity (Wildman–Crippen MR) is 132 cm³/mol. The molecule has 3 heterocycles. The molecule has 0 radical (unpaired) electrons. The van der Waals surface area contributed by atoms with Gasteiger partial charge in [-0.05, 0) is 42.0 Å². The lowest BCUT2D eigenvalue weighted by molar-refractivity contribution is 0.102. The Morgan fingerprint density at radius 3 is 2.76 bits per heavy atom. The highest BCUT2D eigenvalue weighted by molar-refractivity contribution is 6.35. The number of nitrogens with zero attached hydrogens (tertiary/aromatic N) is 4. The van der Waals surface area contributed by atoms with E-state index in [1.807, 2.05) is 48.5 Å². The molecule has 0 fully saturated rings. The van der Waals surface area contributed by atoms with E-state index in [0.29, 0.717) is 45.1 Å². The third kappa shape index (κ3) is 4.46. The van der Waals surface area contributed by atoms with Gasteiger partial charge in [-0.2, -0.15) is 5.10 Å². The molecule has 5 rings (SSSR count). The normalized spacial score (nSPS) is 10.9. The number of halogens is 1. The minimum atomic E-state index is -0.284. The lowest BCUT2D eigenvalue weighted by Gasteiger charge is -2.10. The van der Waals surface area contributed by atoms with E-state index in [9.17, 15) is 4.79 Å². The number of methoxy groups -OCH3 is 1. The molecule has 34 heavy (non-hydrogen) atoms. The second-order valence-electron chi connectivity index (χ2n) is 7.64. The Labute approximate surface area is 201 Å². The molecule has 0 unspecified atom stereocenters. The van der Waals surface area contributed by atoms with Crippen LogP contribution in [0.15, 0.2) is 85.3 Å². The molecule has 0 saturated carbocycles. The number of ether oxygens (including phenoxy) is 1. The van der Waals surface area contributed by atoms with Crippen LogP contribution in [0.1, 0.15) is 15.9 Å². The van der Waals surface area contributed by atoms with Crippen molar-refractivity contribution in [2.24, 2.45) is 0 Å². The first kappa shape index (κ1) is 21.6. The Bertz CT molecular complexity index is 1480. The van der Waals surface area contributed by atoms with Crippen LogP contribution in [-0.2, 0) is 6.54 Å². The van der Waals surface area contributed by atoms with Gasteiger partial charge in [0.2, 0.25) is 0 Å². The van der Waals surface area contributed by atoms with Crippen molar-refractivity contribution in [3.05, 3.63) is 101 Å². The fraction of sp³-hybridized carbons (Fsp3) is 0.0769. The summed E-state index contributed by atoms with van der Waals surface area (Å²) < 4.78 is 7.03. The van der Waals surface area contributed by atoms with Gasteiger partial charge in [0.25, 0.3) is 5.91 Å². The van der Waals surface area contributed by atoms with E-state index in [2.05, 4.69) is 20.4 Å². The van der Waals surface area contributed by atoms with Gasteiger partial charge in [-0.25, -0.2) is 4.98 Å². The molecule has 0 spiro atoms. The topological polar surface area (TPSA) is 81.9 Å². The number of carbonyl (C=O) groups excluding carboxylic acids is 1. The summed E-state index contributed by atoms with van der Waals surface area (Å²) in [6, 6.07) is 20.4. The van der Waals surface area contributed by atoms with E-state index in [4.69, 9.17) is 16.3 Å². The van der Waals surface area contributed by atoms with Crippen LogP contribution >= 0.6 is 11.6 Å². The number of aromatic nitrogens is 4. The molecule has 0 aliphatic rings. The zero-order valence-electron chi connectivity index (χ0n) is 18.3. The molecule has 1 N–H and O–H groups in total. The summed E-state index contributed by atoms with van der Waals surface area (Å²) in [6.45, 7) is 0.546. The predicted octanol–water partition coefficient (Wildman–Crippen LogP) is 5.46. The second-order valence-corrected chi connectivity index (χ2v) is 8.05. The van der Waals surface area contributed by atoms with Crippen molar-refractivity contribution in [3.63, 3.8) is 0 Å². The SMILES string of the molecule is COc1cccc(Cn2cc(NC(=O)c3cc(-c4ccccn4)nc4c(Cl)cccc34)cn2)c1. The lowest BCUT2D eigenvalue weighted by atomic mass is 10.1. The number of para-hydroxylation sites is 1. The monoisotopic (exact) mass is 469 g/mol. The number of amides is 1. The first-order valence-electron chi connectivity index (χ1n) is 10.6. The van der Waals surface area contributed by atoms with E-state index in [0.717, 1.165) is 11.3 Å². The van der Waals surface area contributed by atoms with E-state index in [-0.39, 0.29) is 5.91 Å². The van der Waals surface area contributed by atoms with Crippen molar-refractivity contribution in [1.82, 2.24) is 19.7 Å². The number of rotatable bonds is 6. The quantitative estimate of drug-likeness (QED) is 0.357. The minimum absolute atomic E-state index is 0.284. The van der Waals surface area contributed by atoms with Gasteiger partial charge in [0.05, 0.1) is 53.0 Å². The molecule has 0 saturated heterocycles. The summed E-state index contributed by atoms with van der Waals surface area (Å²) in [5, 5.41) is 8.44. The van der Waals surface area contributed by atoms with Crippen LogP contribution in [-0.4, -0.2) is 32.8 Å². The largest absolute Gasteiger partial charge is 0.497 e. The van der Waals surface area contributed by atoms with Crippen LogP contribution < -0.4 is 10.1 Å². The molecule has 5 aromatic rings. The second kappa shape index (κ2) is 9.33. The molecule has 0 aliphatic carbocycles.